The lowest BCUT2D eigenvalue weighted by Crippen LogP contribution is -2.42. The number of nitrogens with one attached hydrogen (secondary N) is 3. The molecule has 2 amide bonds. The Morgan fingerprint density at radius 1 is 1.05 bits per heavy atom. The fourth-order valence-electron chi connectivity index (χ4n) is 5.64. The molecule has 0 bridgehead atoms. The predicted octanol–water partition coefficient (Wildman–Crippen LogP) is 7.02. The van der Waals surface area contributed by atoms with Crippen molar-refractivity contribution in [3.8, 4) is 17.5 Å². The molecule has 8 nitrogen and oxygen atoms in total. The first-order chi connectivity index (χ1) is 21.0. The number of ether oxygens (including phenoxy) is 1. The molecule has 9 heteroatoms. The minimum atomic E-state index is -0.796. The van der Waals surface area contributed by atoms with Gasteiger partial charge in [0.15, 0.2) is 0 Å². The van der Waals surface area contributed by atoms with Crippen molar-refractivity contribution < 1.29 is 14.3 Å². The van der Waals surface area contributed by atoms with E-state index in [9.17, 15) is 14.9 Å². The molecular formula is C34H36ClN5O3. The summed E-state index contributed by atoms with van der Waals surface area (Å²) >= 11 is 6.09. The van der Waals surface area contributed by atoms with E-state index >= 15 is 0 Å². The Morgan fingerprint density at radius 3 is 2.56 bits per heavy atom. The van der Waals surface area contributed by atoms with Crippen LogP contribution >= 0.6 is 11.6 Å². The summed E-state index contributed by atoms with van der Waals surface area (Å²) in [6, 6.07) is 23.9. The van der Waals surface area contributed by atoms with Gasteiger partial charge in [-0.15, -0.1) is 0 Å². The van der Waals surface area contributed by atoms with Crippen LogP contribution in [0.5, 0.6) is 0 Å². The van der Waals surface area contributed by atoms with Crippen LogP contribution in [0.2, 0.25) is 5.02 Å². The fourth-order valence-corrected chi connectivity index (χ4v) is 5.82. The molecule has 43 heavy (non-hydrogen) atoms. The number of H-pyrrole nitrogens is 1. The molecule has 1 fully saturated rings. The van der Waals surface area contributed by atoms with Crippen molar-refractivity contribution in [2.75, 3.05) is 11.9 Å². The average molecular weight is 598 g/mol. The maximum absolute atomic E-state index is 13.4. The summed E-state index contributed by atoms with van der Waals surface area (Å²) < 4.78 is 5.70. The second-order valence-corrected chi connectivity index (χ2v) is 11.6. The number of anilines is 1. The molecule has 1 aromatic heterocycles. The number of aromatic nitrogens is 2. The lowest BCUT2D eigenvalue weighted by atomic mass is 9.81. The van der Waals surface area contributed by atoms with E-state index in [-0.39, 0.29) is 24.8 Å². The van der Waals surface area contributed by atoms with Crippen LogP contribution in [0, 0.1) is 23.2 Å². The van der Waals surface area contributed by atoms with E-state index in [4.69, 9.17) is 16.3 Å². The van der Waals surface area contributed by atoms with Crippen LogP contribution in [-0.2, 0) is 20.9 Å². The first kappa shape index (κ1) is 30.3. The topological polar surface area (TPSA) is 120 Å². The Hall–Kier alpha value is -4.19. The Labute approximate surface area is 256 Å². The van der Waals surface area contributed by atoms with Crippen molar-refractivity contribution in [2.24, 2.45) is 11.8 Å². The van der Waals surface area contributed by atoms with Gasteiger partial charge in [-0.05, 0) is 60.4 Å². The lowest BCUT2D eigenvalue weighted by molar-refractivity contribution is -0.130. The van der Waals surface area contributed by atoms with Gasteiger partial charge in [0.1, 0.15) is 11.9 Å². The number of halogens is 1. The van der Waals surface area contributed by atoms with Crippen LogP contribution in [0.3, 0.4) is 0 Å². The number of amides is 2. The number of imidazole rings is 1. The highest BCUT2D eigenvalue weighted by molar-refractivity contribution is 6.31. The van der Waals surface area contributed by atoms with E-state index in [2.05, 4.69) is 26.7 Å². The summed E-state index contributed by atoms with van der Waals surface area (Å²) in [6.07, 6.45) is 6.27. The Bertz CT molecular complexity index is 1560. The molecule has 222 valence electrons. The zero-order valence-electron chi connectivity index (χ0n) is 24.0. The molecule has 0 aliphatic heterocycles. The van der Waals surface area contributed by atoms with Crippen molar-refractivity contribution in [3.63, 3.8) is 0 Å². The van der Waals surface area contributed by atoms with Gasteiger partial charge in [0.2, 0.25) is 11.8 Å². The van der Waals surface area contributed by atoms with Crippen LogP contribution in [0.1, 0.15) is 50.5 Å². The summed E-state index contributed by atoms with van der Waals surface area (Å²) in [4.78, 5) is 34.4. The zero-order valence-corrected chi connectivity index (χ0v) is 24.8. The predicted molar refractivity (Wildman–Crippen MR) is 168 cm³/mol. The first-order valence-corrected chi connectivity index (χ1v) is 15.2. The Morgan fingerprint density at radius 2 is 1.81 bits per heavy atom. The van der Waals surface area contributed by atoms with Crippen molar-refractivity contribution in [3.05, 3.63) is 83.4 Å². The maximum Gasteiger partial charge on any atom is 0.225 e. The van der Waals surface area contributed by atoms with Gasteiger partial charge in [-0.3, -0.25) is 9.59 Å². The van der Waals surface area contributed by atoms with E-state index in [0.29, 0.717) is 35.5 Å². The Balaban J connectivity index is 1.19. The van der Waals surface area contributed by atoms with E-state index in [1.165, 1.54) is 6.42 Å². The number of hydrogen-bond acceptors (Lipinski definition) is 5. The SMILES string of the molecule is N#C[C@H](COCc1ccccc1)NC(=O)[C@@H](CC(=O)Nc1ccc(-c2nc3ccc(Cl)cc3[nH]2)cc1)CC1CCCCC1. The third kappa shape index (κ3) is 8.66. The summed E-state index contributed by atoms with van der Waals surface area (Å²) in [6.45, 7) is 0.427. The molecule has 4 aromatic rings. The van der Waals surface area contributed by atoms with Gasteiger partial charge >= 0.3 is 0 Å². The van der Waals surface area contributed by atoms with Gasteiger partial charge in [-0.25, -0.2) is 4.98 Å². The van der Waals surface area contributed by atoms with Gasteiger partial charge < -0.3 is 20.4 Å². The summed E-state index contributed by atoms with van der Waals surface area (Å²) in [5.74, 6) is 0.0471. The van der Waals surface area contributed by atoms with Crippen LogP contribution in [-0.4, -0.2) is 34.4 Å². The molecule has 2 atom stereocenters. The number of carbonyl (C=O) groups is 2. The van der Waals surface area contributed by atoms with Gasteiger partial charge in [-0.2, -0.15) is 5.26 Å². The maximum atomic E-state index is 13.4. The van der Waals surface area contributed by atoms with Crippen molar-refractivity contribution in [1.82, 2.24) is 15.3 Å². The highest BCUT2D eigenvalue weighted by atomic mass is 35.5. The van der Waals surface area contributed by atoms with Crippen LogP contribution in [0.4, 0.5) is 5.69 Å². The van der Waals surface area contributed by atoms with E-state index in [0.717, 1.165) is 47.8 Å². The van der Waals surface area contributed by atoms with Gasteiger partial charge in [0.05, 0.1) is 30.3 Å². The number of carbonyl (C=O) groups excluding carboxylic acids is 2. The van der Waals surface area contributed by atoms with Crippen molar-refractivity contribution in [1.29, 1.82) is 5.26 Å². The number of rotatable bonds is 12. The van der Waals surface area contributed by atoms with Crippen molar-refractivity contribution >= 4 is 40.1 Å². The Kier molecular flexibility index (Phi) is 10.4. The second kappa shape index (κ2) is 14.8. The smallest absolute Gasteiger partial charge is 0.225 e. The average Bonchev–Trinajstić information content (AvgIpc) is 3.45. The highest BCUT2D eigenvalue weighted by Crippen LogP contribution is 2.31. The molecule has 3 aromatic carbocycles. The molecule has 0 unspecified atom stereocenters. The summed E-state index contributed by atoms with van der Waals surface area (Å²) in [7, 11) is 0. The number of hydrogen-bond donors (Lipinski definition) is 3. The molecule has 1 aliphatic carbocycles. The number of aromatic amines is 1. The highest BCUT2D eigenvalue weighted by Gasteiger charge is 2.28. The number of nitrogens with zero attached hydrogens (tertiary/aromatic N) is 2. The first-order valence-electron chi connectivity index (χ1n) is 14.8. The monoisotopic (exact) mass is 597 g/mol. The molecule has 5 rings (SSSR count). The minimum Gasteiger partial charge on any atom is -0.374 e. The zero-order chi connectivity index (χ0) is 30.0. The van der Waals surface area contributed by atoms with E-state index in [1.54, 1.807) is 6.07 Å². The second-order valence-electron chi connectivity index (χ2n) is 11.2. The quantitative estimate of drug-likeness (QED) is 0.162. The molecule has 0 spiro atoms. The van der Waals surface area contributed by atoms with E-state index < -0.39 is 12.0 Å². The normalized spacial score (nSPS) is 15.0. The number of fused-ring (bicyclic) bond motifs is 1. The van der Waals surface area contributed by atoms with Crippen LogP contribution in [0.15, 0.2) is 72.8 Å². The summed E-state index contributed by atoms with van der Waals surface area (Å²) in [5, 5.41) is 16.1. The molecule has 1 heterocycles. The molecule has 3 N–H and O–H groups in total. The lowest BCUT2D eigenvalue weighted by Gasteiger charge is -2.26. The van der Waals surface area contributed by atoms with Gasteiger partial charge in [0, 0.05) is 28.6 Å². The van der Waals surface area contributed by atoms with Gasteiger partial charge in [-0.1, -0.05) is 74.0 Å². The third-order valence-corrected chi connectivity index (χ3v) is 8.13. The minimum absolute atomic E-state index is 0.0391. The van der Waals surface area contributed by atoms with Gasteiger partial charge in [0.25, 0.3) is 0 Å². The molecule has 1 saturated carbocycles. The van der Waals surface area contributed by atoms with Crippen molar-refractivity contribution in [2.45, 2.75) is 57.6 Å². The molecular weight excluding hydrogens is 562 g/mol. The standard InChI is InChI=1S/C34H36ClN5O3/c35-27-13-16-30-31(19-27)40-33(39-30)25-11-14-28(15-12-25)37-32(41)18-26(17-23-7-3-1-4-8-23)34(42)38-29(20-36)22-43-21-24-9-5-2-6-10-24/h2,5-6,9-16,19,23,26,29H,1,3-4,7-8,17-18,21-22H2,(H,37,41)(H,38,42)(H,39,40)/t26-,29-/m1/s1. The largest absolute Gasteiger partial charge is 0.374 e. The third-order valence-electron chi connectivity index (χ3n) is 7.90. The fraction of sp³-hybridized carbons (Fsp3) is 0.353. The molecule has 0 radical (unpaired) electrons. The number of nitriles is 1. The molecule has 1 aliphatic rings. The van der Waals surface area contributed by atoms with Crippen LogP contribution in [0.25, 0.3) is 22.4 Å². The van der Waals surface area contributed by atoms with E-state index in [1.807, 2.05) is 66.7 Å². The molecule has 0 saturated heterocycles. The number of benzene rings is 3. The summed E-state index contributed by atoms with van der Waals surface area (Å²) in [5.41, 5.74) is 4.17. The van der Waals surface area contributed by atoms with Crippen LogP contribution < -0.4 is 10.6 Å².